The van der Waals surface area contributed by atoms with Crippen LogP contribution in [0.2, 0.25) is 0 Å². The quantitative estimate of drug-likeness (QED) is 0.799. The average Bonchev–Trinajstić information content (AvgIpc) is 2.55. The molecule has 2 rings (SSSR count). The van der Waals surface area contributed by atoms with E-state index in [1.807, 2.05) is 73.3 Å². The van der Waals surface area contributed by atoms with Gasteiger partial charge in [0.2, 0.25) is 0 Å². The Hall–Kier alpha value is -1.97. The summed E-state index contributed by atoms with van der Waals surface area (Å²) in [7, 11) is 0. The number of hydrogen-bond donors (Lipinski definition) is 1. The van der Waals surface area contributed by atoms with Crippen LogP contribution in [0.15, 0.2) is 54.6 Å². The van der Waals surface area contributed by atoms with E-state index in [1.165, 1.54) is 0 Å². The van der Waals surface area contributed by atoms with Crippen LogP contribution in [0.3, 0.4) is 0 Å². The summed E-state index contributed by atoms with van der Waals surface area (Å²) in [5.41, 5.74) is 2.42. The zero-order valence-electron chi connectivity index (χ0n) is 13.2. The first-order valence-corrected chi connectivity index (χ1v) is 7.54. The van der Waals surface area contributed by atoms with E-state index >= 15 is 0 Å². The first kappa shape index (κ1) is 16.4. The molecule has 0 amide bonds. The molecule has 0 radical (unpaired) electrons. The molecule has 1 atom stereocenters. The van der Waals surface area contributed by atoms with Crippen molar-refractivity contribution in [3.63, 3.8) is 0 Å². The van der Waals surface area contributed by atoms with Gasteiger partial charge in [-0.15, -0.1) is 0 Å². The van der Waals surface area contributed by atoms with Gasteiger partial charge < -0.3 is 9.90 Å². The molecule has 0 aromatic heterocycles. The van der Waals surface area contributed by atoms with Crippen LogP contribution in [0, 0.1) is 6.92 Å². The molecule has 22 heavy (non-hydrogen) atoms. The van der Waals surface area contributed by atoms with Crippen LogP contribution in [0.25, 0.3) is 0 Å². The fourth-order valence-electron chi connectivity index (χ4n) is 2.85. The van der Waals surface area contributed by atoms with Crippen LogP contribution < -0.4 is 0 Å². The monoisotopic (exact) mass is 297 g/mol. The van der Waals surface area contributed by atoms with E-state index in [1.54, 1.807) is 0 Å². The molecule has 0 spiro atoms. The van der Waals surface area contributed by atoms with Crippen molar-refractivity contribution >= 4 is 6.29 Å². The fourth-order valence-corrected chi connectivity index (χ4v) is 2.85. The lowest BCUT2D eigenvalue weighted by molar-refractivity contribution is -0.119. The molecular formula is C19H23NO2. The van der Waals surface area contributed by atoms with Crippen molar-refractivity contribution in [2.45, 2.75) is 25.9 Å². The number of aliphatic hydroxyl groups excluding tert-OH is 1. The molecule has 1 unspecified atom stereocenters. The highest BCUT2D eigenvalue weighted by atomic mass is 16.3. The van der Waals surface area contributed by atoms with Crippen LogP contribution in [0.1, 0.15) is 23.6 Å². The minimum atomic E-state index is -0.760. The van der Waals surface area contributed by atoms with Gasteiger partial charge in [0, 0.05) is 13.1 Å². The topological polar surface area (TPSA) is 40.5 Å². The summed E-state index contributed by atoms with van der Waals surface area (Å²) in [4.78, 5) is 14.0. The minimum Gasteiger partial charge on any atom is -0.395 e. The first-order chi connectivity index (χ1) is 10.6. The molecule has 0 fully saturated rings. The normalized spacial score (nSPS) is 13.8. The van der Waals surface area contributed by atoms with Gasteiger partial charge in [-0.1, -0.05) is 54.6 Å². The van der Waals surface area contributed by atoms with Crippen molar-refractivity contribution in [3.05, 3.63) is 71.3 Å². The summed E-state index contributed by atoms with van der Waals surface area (Å²) in [6.45, 7) is 5.00. The number of aryl methyl sites for hydroxylation is 1. The van der Waals surface area contributed by atoms with Gasteiger partial charge in [-0.2, -0.15) is 0 Å². The van der Waals surface area contributed by atoms with Gasteiger partial charge in [-0.05, 0) is 30.5 Å². The van der Waals surface area contributed by atoms with Crippen molar-refractivity contribution in [2.75, 3.05) is 13.2 Å². The van der Waals surface area contributed by atoms with Gasteiger partial charge in [0.05, 0.1) is 6.61 Å². The van der Waals surface area contributed by atoms with Crippen molar-refractivity contribution in [1.82, 2.24) is 4.90 Å². The lowest BCUT2D eigenvalue weighted by Crippen LogP contribution is -2.46. The molecular weight excluding hydrogens is 274 g/mol. The van der Waals surface area contributed by atoms with E-state index in [0.717, 1.165) is 23.0 Å². The molecule has 3 nitrogen and oxygen atoms in total. The van der Waals surface area contributed by atoms with Gasteiger partial charge in [0.1, 0.15) is 11.8 Å². The third-order valence-corrected chi connectivity index (χ3v) is 4.16. The Morgan fingerprint density at radius 2 is 1.73 bits per heavy atom. The second kappa shape index (κ2) is 7.34. The molecule has 116 valence electrons. The van der Waals surface area contributed by atoms with Gasteiger partial charge in [0.25, 0.3) is 0 Å². The molecule has 2 aromatic rings. The van der Waals surface area contributed by atoms with Crippen LogP contribution in [-0.4, -0.2) is 29.4 Å². The summed E-state index contributed by atoms with van der Waals surface area (Å²) in [6.07, 6.45) is 0.980. The zero-order chi connectivity index (χ0) is 16.0. The van der Waals surface area contributed by atoms with Crippen molar-refractivity contribution in [1.29, 1.82) is 0 Å². The highest BCUT2D eigenvalue weighted by Crippen LogP contribution is 2.30. The number of benzene rings is 2. The summed E-state index contributed by atoms with van der Waals surface area (Å²) in [5.74, 6) is 0. The molecule has 0 bridgehead atoms. The summed E-state index contributed by atoms with van der Waals surface area (Å²) >= 11 is 0. The maximum atomic E-state index is 12.0. The third-order valence-electron chi connectivity index (χ3n) is 4.16. The Balaban J connectivity index is 2.39. The molecule has 0 saturated carbocycles. The summed E-state index contributed by atoms with van der Waals surface area (Å²) in [5, 5.41) is 9.43. The predicted molar refractivity (Wildman–Crippen MR) is 88.5 cm³/mol. The largest absolute Gasteiger partial charge is 0.395 e. The second-order valence-electron chi connectivity index (χ2n) is 5.71. The number of rotatable bonds is 7. The lowest BCUT2D eigenvalue weighted by atomic mass is 9.87. The fraction of sp³-hybridized carbons (Fsp3) is 0.316. The van der Waals surface area contributed by atoms with Gasteiger partial charge in [-0.3, -0.25) is 4.90 Å². The summed E-state index contributed by atoms with van der Waals surface area (Å²) in [6, 6.07) is 17.9. The molecule has 0 aliphatic rings. The average molecular weight is 297 g/mol. The van der Waals surface area contributed by atoms with E-state index in [2.05, 4.69) is 0 Å². The Kier molecular flexibility index (Phi) is 5.47. The third kappa shape index (κ3) is 3.43. The molecule has 3 heteroatoms. The molecule has 0 heterocycles. The van der Waals surface area contributed by atoms with Crippen LogP contribution in [0.4, 0.5) is 0 Å². The molecule has 0 aliphatic carbocycles. The van der Waals surface area contributed by atoms with Gasteiger partial charge >= 0.3 is 0 Å². The standard InChI is InChI=1S/C19H23NO2/c1-16-8-6-7-11-18(16)19(2,15-22)20(12-13-21)14-17-9-4-3-5-10-17/h3-11,15,21H,12-14H2,1-2H3. The van der Waals surface area contributed by atoms with Gasteiger partial charge in [-0.25, -0.2) is 0 Å². The lowest BCUT2D eigenvalue weighted by Gasteiger charge is -2.38. The number of nitrogens with zero attached hydrogens (tertiary/aromatic N) is 1. The number of aliphatic hydroxyl groups is 1. The van der Waals surface area contributed by atoms with E-state index in [4.69, 9.17) is 0 Å². The van der Waals surface area contributed by atoms with Crippen LogP contribution in [0.5, 0.6) is 0 Å². The van der Waals surface area contributed by atoms with E-state index in [0.29, 0.717) is 13.1 Å². The second-order valence-corrected chi connectivity index (χ2v) is 5.71. The summed E-state index contributed by atoms with van der Waals surface area (Å²) < 4.78 is 0. The molecule has 1 N–H and O–H groups in total. The Labute approximate surface area is 132 Å². The minimum absolute atomic E-state index is 0.0160. The molecule has 0 saturated heterocycles. The number of aldehydes is 1. The SMILES string of the molecule is Cc1ccccc1C(C)(C=O)N(CCO)Cc1ccccc1. The Morgan fingerprint density at radius 3 is 2.32 bits per heavy atom. The highest BCUT2D eigenvalue weighted by molar-refractivity contribution is 5.68. The van der Waals surface area contributed by atoms with Crippen molar-refractivity contribution < 1.29 is 9.90 Å². The van der Waals surface area contributed by atoms with Crippen molar-refractivity contribution in [3.8, 4) is 0 Å². The number of carbonyl (C=O) groups excluding carboxylic acids is 1. The highest BCUT2D eigenvalue weighted by Gasteiger charge is 2.34. The maximum absolute atomic E-state index is 12.0. The zero-order valence-corrected chi connectivity index (χ0v) is 13.2. The predicted octanol–water partition coefficient (Wildman–Crippen LogP) is 2.90. The molecule has 0 aliphatic heterocycles. The smallest absolute Gasteiger partial charge is 0.144 e. The Morgan fingerprint density at radius 1 is 1.09 bits per heavy atom. The van der Waals surface area contributed by atoms with Gasteiger partial charge in [0.15, 0.2) is 0 Å². The maximum Gasteiger partial charge on any atom is 0.144 e. The van der Waals surface area contributed by atoms with Crippen LogP contribution >= 0.6 is 0 Å². The number of hydrogen-bond acceptors (Lipinski definition) is 3. The van der Waals surface area contributed by atoms with E-state index < -0.39 is 5.54 Å². The van der Waals surface area contributed by atoms with E-state index in [-0.39, 0.29) is 6.61 Å². The van der Waals surface area contributed by atoms with Crippen LogP contribution in [-0.2, 0) is 16.9 Å². The number of carbonyl (C=O) groups is 1. The molecule has 2 aromatic carbocycles. The van der Waals surface area contributed by atoms with Crippen molar-refractivity contribution in [2.24, 2.45) is 0 Å². The first-order valence-electron chi connectivity index (χ1n) is 7.54. The van der Waals surface area contributed by atoms with E-state index in [9.17, 15) is 9.90 Å². The Bertz CT molecular complexity index is 612.